The van der Waals surface area contributed by atoms with Crippen LogP contribution in [0.4, 0.5) is 5.69 Å². The number of carbonyl (C=O) groups is 1. The fourth-order valence-corrected chi connectivity index (χ4v) is 2.58. The summed E-state index contributed by atoms with van der Waals surface area (Å²) in [4.78, 5) is 24.5. The normalized spacial score (nSPS) is 10.6. The molecular weight excluding hydrogens is 330 g/mol. The molecule has 122 valence electrons. The second-order valence-electron chi connectivity index (χ2n) is 5.09. The van der Waals surface area contributed by atoms with Crippen molar-refractivity contribution in [3.63, 3.8) is 0 Å². The van der Waals surface area contributed by atoms with Crippen LogP contribution in [0.5, 0.6) is 5.75 Å². The average Bonchev–Trinajstić information content (AvgIpc) is 2.58. The molecule has 0 unspecified atom stereocenters. The molecule has 0 bridgehead atoms. The molecule has 0 aliphatic rings. The van der Waals surface area contributed by atoms with Gasteiger partial charge in [-0.2, -0.15) is 5.10 Å². The van der Waals surface area contributed by atoms with E-state index in [9.17, 15) is 9.59 Å². The molecule has 1 N–H and O–H groups in total. The van der Waals surface area contributed by atoms with E-state index >= 15 is 0 Å². The number of halogens is 1. The number of aromatic nitrogens is 2. The zero-order valence-corrected chi connectivity index (χ0v) is 13.6. The summed E-state index contributed by atoms with van der Waals surface area (Å²) in [6.07, 6.45) is 1.56. The van der Waals surface area contributed by atoms with Gasteiger partial charge in [-0.1, -0.05) is 29.8 Å². The smallest absolute Gasteiger partial charge is 0.275 e. The summed E-state index contributed by atoms with van der Waals surface area (Å²) in [5, 5.41) is 8.35. The van der Waals surface area contributed by atoms with Crippen molar-refractivity contribution in [1.82, 2.24) is 9.78 Å². The van der Waals surface area contributed by atoms with E-state index in [1.807, 2.05) is 6.07 Å². The third kappa shape index (κ3) is 3.23. The van der Waals surface area contributed by atoms with E-state index in [4.69, 9.17) is 16.3 Å². The number of amides is 1. The fraction of sp³-hybridized carbons (Fsp3) is 0.118. The molecule has 1 heterocycles. The summed E-state index contributed by atoms with van der Waals surface area (Å²) in [7, 11) is 1.51. The number of benzene rings is 2. The molecular formula is C17H14ClN3O3. The second-order valence-corrected chi connectivity index (χ2v) is 5.50. The van der Waals surface area contributed by atoms with Crippen LogP contribution in [0.1, 0.15) is 0 Å². The summed E-state index contributed by atoms with van der Waals surface area (Å²) < 4.78 is 6.18. The van der Waals surface area contributed by atoms with Crippen LogP contribution in [0.25, 0.3) is 10.8 Å². The van der Waals surface area contributed by atoms with Crippen LogP contribution in [0.2, 0.25) is 5.02 Å². The topological polar surface area (TPSA) is 73.2 Å². The second kappa shape index (κ2) is 6.72. The zero-order valence-electron chi connectivity index (χ0n) is 12.8. The van der Waals surface area contributed by atoms with Crippen molar-refractivity contribution in [2.45, 2.75) is 6.54 Å². The monoisotopic (exact) mass is 343 g/mol. The lowest BCUT2D eigenvalue weighted by Gasteiger charge is -2.09. The summed E-state index contributed by atoms with van der Waals surface area (Å²) in [5.41, 5.74) is 0.204. The predicted molar refractivity (Wildman–Crippen MR) is 92.6 cm³/mol. The van der Waals surface area contributed by atoms with Gasteiger partial charge in [-0.25, -0.2) is 4.68 Å². The van der Waals surface area contributed by atoms with Gasteiger partial charge in [-0.3, -0.25) is 9.59 Å². The number of methoxy groups -OCH3 is 1. The van der Waals surface area contributed by atoms with Gasteiger partial charge in [0.05, 0.1) is 23.7 Å². The van der Waals surface area contributed by atoms with E-state index in [2.05, 4.69) is 10.4 Å². The number of ether oxygens (including phenoxy) is 1. The first kappa shape index (κ1) is 16.0. The van der Waals surface area contributed by atoms with Gasteiger partial charge in [0.15, 0.2) is 0 Å². The molecule has 0 fully saturated rings. The van der Waals surface area contributed by atoms with Crippen LogP contribution < -0.4 is 15.6 Å². The van der Waals surface area contributed by atoms with Crippen molar-refractivity contribution in [1.29, 1.82) is 0 Å². The SMILES string of the molecule is COc1ccc(NC(=O)Cn2ncc3ccccc3c2=O)cc1Cl. The Hall–Kier alpha value is -2.86. The largest absolute Gasteiger partial charge is 0.495 e. The van der Waals surface area contributed by atoms with Crippen LogP contribution in [0.3, 0.4) is 0 Å². The summed E-state index contributed by atoms with van der Waals surface area (Å²) in [6.45, 7) is -0.187. The highest BCUT2D eigenvalue weighted by Gasteiger charge is 2.10. The molecule has 0 saturated heterocycles. The van der Waals surface area contributed by atoms with Gasteiger partial charge >= 0.3 is 0 Å². The number of nitrogens with zero attached hydrogens (tertiary/aromatic N) is 2. The Bertz CT molecular complexity index is 969. The van der Waals surface area contributed by atoms with Gasteiger partial charge < -0.3 is 10.1 Å². The van der Waals surface area contributed by atoms with Crippen molar-refractivity contribution in [2.75, 3.05) is 12.4 Å². The highest BCUT2D eigenvalue weighted by Crippen LogP contribution is 2.27. The quantitative estimate of drug-likeness (QED) is 0.790. The number of fused-ring (bicyclic) bond motifs is 1. The average molecular weight is 344 g/mol. The maximum absolute atomic E-state index is 12.3. The lowest BCUT2D eigenvalue weighted by Crippen LogP contribution is -2.29. The number of nitrogens with one attached hydrogen (secondary N) is 1. The molecule has 6 nitrogen and oxygen atoms in total. The van der Waals surface area contributed by atoms with Crippen molar-refractivity contribution in [3.8, 4) is 5.75 Å². The molecule has 0 aliphatic heterocycles. The minimum Gasteiger partial charge on any atom is -0.495 e. The molecule has 0 aliphatic carbocycles. The molecule has 0 saturated carbocycles. The highest BCUT2D eigenvalue weighted by atomic mass is 35.5. The highest BCUT2D eigenvalue weighted by molar-refractivity contribution is 6.32. The van der Waals surface area contributed by atoms with E-state index in [-0.39, 0.29) is 18.0 Å². The molecule has 2 aromatic carbocycles. The molecule has 0 spiro atoms. The van der Waals surface area contributed by atoms with Gasteiger partial charge in [-0.05, 0) is 24.3 Å². The predicted octanol–water partition coefficient (Wildman–Crippen LogP) is 2.70. The van der Waals surface area contributed by atoms with Gasteiger partial charge in [0.1, 0.15) is 12.3 Å². The van der Waals surface area contributed by atoms with Gasteiger partial charge in [0, 0.05) is 11.1 Å². The number of rotatable bonds is 4. The summed E-state index contributed by atoms with van der Waals surface area (Å²) in [6, 6.07) is 12.0. The molecule has 0 radical (unpaired) electrons. The standard InChI is InChI=1S/C17H14ClN3O3/c1-24-15-7-6-12(8-14(15)18)20-16(22)10-21-17(23)13-5-3-2-4-11(13)9-19-21/h2-9H,10H2,1H3,(H,20,22). The molecule has 1 amide bonds. The minimum absolute atomic E-state index is 0.187. The van der Waals surface area contributed by atoms with Gasteiger partial charge in [-0.15, -0.1) is 0 Å². The molecule has 3 aromatic rings. The van der Waals surface area contributed by atoms with Crippen molar-refractivity contribution in [3.05, 3.63) is 64.0 Å². The summed E-state index contributed by atoms with van der Waals surface area (Å²) >= 11 is 6.02. The zero-order chi connectivity index (χ0) is 17.1. The van der Waals surface area contributed by atoms with Crippen LogP contribution in [-0.4, -0.2) is 22.8 Å². The lowest BCUT2D eigenvalue weighted by atomic mass is 10.2. The fourth-order valence-electron chi connectivity index (χ4n) is 2.32. The maximum atomic E-state index is 12.3. The van der Waals surface area contributed by atoms with E-state index in [1.165, 1.54) is 7.11 Å². The Morgan fingerprint density at radius 3 is 2.83 bits per heavy atom. The first-order valence-corrected chi connectivity index (χ1v) is 7.54. The molecule has 24 heavy (non-hydrogen) atoms. The van der Waals surface area contributed by atoms with E-state index in [1.54, 1.807) is 42.6 Å². The summed E-state index contributed by atoms with van der Waals surface area (Å²) in [5.74, 6) is 0.142. The number of hydrogen-bond acceptors (Lipinski definition) is 4. The number of hydrogen-bond donors (Lipinski definition) is 1. The van der Waals surface area contributed by atoms with Crippen molar-refractivity contribution in [2.24, 2.45) is 0 Å². The Labute approximate surface area is 142 Å². The Morgan fingerprint density at radius 2 is 2.08 bits per heavy atom. The molecule has 7 heteroatoms. The third-order valence-electron chi connectivity index (χ3n) is 3.49. The third-order valence-corrected chi connectivity index (χ3v) is 3.79. The van der Waals surface area contributed by atoms with E-state index in [0.717, 1.165) is 10.1 Å². The number of carbonyl (C=O) groups excluding carboxylic acids is 1. The van der Waals surface area contributed by atoms with E-state index < -0.39 is 0 Å². The lowest BCUT2D eigenvalue weighted by molar-refractivity contribution is -0.117. The molecule has 0 atom stereocenters. The van der Waals surface area contributed by atoms with Crippen molar-refractivity contribution < 1.29 is 9.53 Å². The van der Waals surface area contributed by atoms with E-state index in [0.29, 0.717) is 21.8 Å². The Morgan fingerprint density at radius 1 is 1.29 bits per heavy atom. The van der Waals surface area contributed by atoms with Gasteiger partial charge in [0.2, 0.25) is 5.91 Å². The van der Waals surface area contributed by atoms with Crippen LogP contribution in [0.15, 0.2) is 53.5 Å². The number of anilines is 1. The van der Waals surface area contributed by atoms with Crippen LogP contribution >= 0.6 is 11.6 Å². The molecule has 3 rings (SSSR count). The molecule has 1 aromatic heterocycles. The Kier molecular flexibility index (Phi) is 4.48. The Balaban J connectivity index is 1.79. The first-order valence-electron chi connectivity index (χ1n) is 7.17. The van der Waals surface area contributed by atoms with Crippen LogP contribution in [-0.2, 0) is 11.3 Å². The minimum atomic E-state index is -0.374. The van der Waals surface area contributed by atoms with Gasteiger partial charge in [0.25, 0.3) is 5.56 Å². The van der Waals surface area contributed by atoms with Crippen molar-refractivity contribution >= 4 is 34.0 Å². The van der Waals surface area contributed by atoms with Crippen LogP contribution in [0, 0.1) is 0 Å². The maximum Gasteiger partial charge on any atom is 0.275 e. The first-order chi connectivity index (χ1) is 11.6.